The van der Waals surface area contributed by atoms with E-state index in [1.54, 1.807) is 4.68 Å². The molecular weight excluding hydrogens is 1060 g/mol. The van der Waals surface area contributed by atoms with Crippen LogP contribution in [0, 0.1) is 6.92 Å². The summed E-state index contributed by atoms with van der Waals surface area (Å²) >= 11 is 0. The summed E-state index contributed by atoms with van der Waals surface area (Å²) in [6.45, 7) is 25.3. The number of azide groups is 1. The highest BCUT2D eigenvalue weighted by atomic mass is 16.6. The van der Waals surface area contributed by atoms with Crippen molar-refractivity contribution >= 4 is 0 Å². The maximum absolute atomic E-state index is 8.17. The third kappa shape index (κ3) is 64.7. The normalized spacial score (nSPS) is 11.6. The molecule has 0 amide bonds. The fourth-order valence-electron chi connectivity index (χ4n) is 5.75. The minimum Gasteiger partial charge on any atom is -0.379 e. The summed E-state index contributed by atoms with van der Waals surface area (Å²) in [5.41, 5.74) is 9.06. The third-order valence-corrected chi connectivity index (χ3v) is 9.70. The number of nitrogens with zero attached hydrogens (tertiary/aromatic N) is 6. The summed E-state index contributed by atoms with van der Waals surface area (Å²) in [5, 5.41) is 11.3. The van der Waals surface area contributed by atoms with Gasteiger partial charge < -0.3 is 109 Å². The van der Waals surface area contributed by atoms with Crippen LogP contribution in [0.25, 0.3) is 10.4 Å². The van der Waals surface area contributed by atoms with Gasteiger partial charge in [0.25, 0.3) is 0 Å². The highest BCUT2D eigenvalue weighted by molar-refractivity contribution is 4.86. The van der Waals surface area contributed by atoms with Crippen molar-refractivity contribution in [2.24, 2.45) is 5.11 Å². The van der Waals surface area contributed by atoms with E-state index in [1.807, 2.05) is 13.1 Å². The smallest absolute Gasteiger partial charge is 0.0796 e. The molecule has 0 bridgehead atoms. The van der Waals surface area contributed by atoms with Gasteiger partial charge in [0.1, 0.15) is 0 Å². The predicted molar refractivity (Wildman–Crippen MR) is 288 cm³/mol. The lowest BCUT2D eigenvalue weighted by molar-refractivity contribution is -0.0318. The molecule has 0 unspecified atom stereocenters. The Morgan fingerprint density at radius 1 is 0.287 bits per heavy atom. The number of aromatic nitrogens is 3. The molecule has 29 nitrogen and oxygen atoms in total. The Morgan fingerprint density at radius 3 is 0.600 bits per heavy atom. The molecule has 0 aliphatic rings. The van der Waals surface area contributed by atoms with E-state index in [9.17, 15) is 0 Å². The number of hydrogen-bond acceptors (Lipinski definition) is 26. The number of rotatable bonds is 72. The number of aryl methyl sites for hydroxylation is 1. The molecule has 0 saturated carbocycles. The van der Waals surface area contributed by atoms with Crippen LogP contribution < -0.4 is 0 Å². The quantitative estimate of drug-likeness (QED) is 0.0384. The minimum atomic E-state index is 0.320. The van der Waals surface area contributed by atoms with Crippen LogP contribution in [-0.2, 0) is 115 Å². The molecule has 1 rings (SSSR count). The predicted octanol–water partition coefficient (Wildman–Crippen LogP) is 1.28. The van der Waals surface area contributed by atoms with Gasteiger partial charge in [-0.1, -0.05) is 10.3 Å². The molecule has 1 heterocycles. The van der Waals surface area contributed by atoms with Crippen molar-refractivity contribution in [3.8, 4) is 0 Å². The van der Waals surface area contributed by atoms with Gasteiger partial charge in [-0.25, -0.2) is 4.68 Å². The number of ether oxygens (including phenoxy) is 23. The first kappa shape index (κ1) is 75.5. The van der Waals surface area contributed by atoms with E-state index < -0.39 is 0 Å². The third-order valence-electron chi connectivity index (χ3n) is 9.70. The largest absolute Gasteiger partial charge is 0.379 e. The highest BCUT2D eigenvalue weighted by Gasteiger charge is 2.01. The van der Waals surface area contributed by atoms with Crippen LogP contribution in [0.5, 0.6) is 0 Å². The fraction of sp³-hybridized carbons (Fsp3) is 0.961. The van der Waals surface area contributed by atoms with Gasteiger partial charge in [-0.05, 0) is 12.5 Å². The summed E-state index contributed by atoms with van der Waals surface area (Å²) in [6.07, 6.45) is 1.88. The fourth-order valence-corrected chi connectivity index (χ4v) is 5.75. The van der Waals surface area contributed by atoms with Crippen LogP contribution in [0.2, 0.25) is 0 Å². The van der Waals surface area contributed by atoms with Crippen LogP contribution in [0.3, 0.4) is 0 Å². The summed E-state index contributed by atoms with van der Waals surface area (Å²) in [5.74, 6) is 0. The van der Waals surface area contributed by atoms with E-state index in [4.69, 9.17) is 114 Å². The van der Waals surface area contributed by atoms with Crippen LogP contribution in [0.15, 0.2) is 11.3 Å². The van der Waals surface area contributed by atoms with E-state index in [0.717, 1.165) is 5.69 Å². The second-order valence-electron chi connectivity index (χ2n) is 16.2. The molecule has 0 N–H and O–H groups in total. The zero-order chi connectivity index (χ0) is 56.9. The van der Waals surface area contributed by atoms with Crippen LogP contribution in [-0.4, -0.2) is 325 Å². The molecular formula is C51H100N6O23. The van der Waals surface area contributed by atoms with E-state index in [2.05, 4.69) is 20.3 Å². The first-order chi connectivity index (χ1) is 39.8. The van der Waals surface area contributed by atoms with Crippen molar-refractivity contribution in [2.45, 2.75) is 13.5 Å². The van der Waals surface area contributed by atoms with Gasteiger partial charge in [0, 0.05) is 17.7 Å². The molecule has 0 spiro atoms. The Bertz CT molecular complexity index is 1370. The van der Waals surface area contributed by atoms with Crippen molar-refractivity contribution in [1.29, 1.82) is 0 Å². The van der Waals surface area contributed by atoms with Gasteiger partial charge in [0.2, 0.25) is 0 Å². The summed E-state index contributed by atoms with van der Waals surface area (Å²) in [4.78, 5) is 2.65. The summed E-state index contributed by atoms with van der Waals surface area (Å²) < 4.78 is 128. The zero-order valence-corrected chi connectivity index (χ0v) is 48.1. The Hall–Kier alpha value is -2.47. The van der Waals surface area contributed by atoms with Gasteiger partial charge in [-0.15, -0.1) is 5.10 Å². The molecule has 1 aromatic rings. The Balaban J connectivity index is 1.58. The van der Waals surface area contributed by atoms with E-state index in [-0.39, 0.29) is 0 Å². The Kier molecular flexibility index (Phi) is 65.2. The maximum atomic E-state index is 8.17. The molecule has 0 aliphatic carbocycles. The van der Waals surface area contributed by atoms with E-state index >= 15 is 0 Å². The molecule has 472 valence electrons. The zero-order valence-electron chi connectivity index (χ0n) is 48.1. The standard InChI is InChI=1S/C51H100N6O23/c1-51-50-57(56-54-51)3-5-59-7-9-61-11-13-63-15-17-65-19-21-67-23-25-69-27-29-71-31-33-73-35-37-75-39-41-77-43-45-79-47-49-80-48-46-78-44-42-76-40-38-74-36-34-72-32-30-70-28-26-68-24-22-66-20-18-64-16-14-62-12-10-60-8-6-58-4-2-53-55-52/h50H,2-49H2,1H3. The van der Waals surface area contributed by atoms with Crippen molar-refractivity contribution in [3.05, 3.63) is 22.3 Å². The van der Waals surface area contributed by atoms with Crippen molar-refractivity contribution in [1.82, 2.24) is 15.0 Å². The van der Waals surface area contributed by atoms with Crippen molar-refractivity contribution < 1.29 is 109 Å². The Labute approximate surface area is 474 Å². The maximum Gasteiger partial charge on any atom is 0.0796 e. The van der Waals surface area contributed by atoms with Gasteiger partial charge in [0.15, 0.2) is 0 Å². The topological polar surface area (TPSA) is 292 Å². The molecule has 0 radical (unpaired) electrons. The monoisotopic (exact) mass is 1160 g/mol. The van der Waals surface area contributed by atoms with E-state index in [0.29, 0.717) is 317 Å². The van der Waals surface area contributed by atoms with Gasteiger partial charge in [0.05, 0.1) is 316 Å². The molecule has 1 aromatic heterocycles. The van der Waals surface area contributed by atoms with Crippen LogP contribution in [0.1, 0.15) is 5.69 Å². The van der Waals surface area contributed by atoms with Gasteiger partial charge >= 0.3 is 0 Å². The molecule has 0 aliphatic heterocycles. The molecule has 80 heavy (non-hydrogen) atoms. The lowest BCUT2D eigenvalue weighted by atomic mass is 10.5. The second-order valence-corrected chi connectivity index (χ2v) is 16.2. The van der Waals surface area contributed by atoms with Gasteiger partial charge in [-0.2, -0.15) is 0 Å². The molecule has 0 aromatic carbocycles. The summed E-state index contributed by atoms with van der Waals surface area (Å²) in [7, 11) is 0. The minimum absolute atomic E-state index is 0.320. The molecule has 29 heteroatoms. The number of hydrogen-bond donors (Lipinski definition) is 0. The first-order valence-corrected chi connectivity index (χ1v) is 28.0. The van der Waals surface area contributed by atoms with E-state index in [1.165, 1.54) is 0 Å². The molecule has 0 fully saturated rings. The molecule has 0 atom stereocenters. The second kappa shape index (κ2) is 69.0. The first-order valence-electron chi connectivity index (χ1n) is 28.0. The van der Waals surface area contributed by atoms with Crippen LogP contribution >= 0.6 is 0 Å². The van der Waals surface area contributed by atoms with Crippen molar-refractivity contribution in [3.63, 3.8) is 0 Å². The average Bonchev–Trinajstić information content (AvgIpc) is 3.89. The van der Waals surface area contributed by atoms with Crippen molar-refractivity contribution in [2.75, 3.05) is 310 Å². The molecule has 0 saturated heterocycles. The average molecular weight is 1170 g/mol. The summed E-state index contributed by atoms with van der Waals surface area (Å²) in [6, 6.07) is 0. The lowest BCUT2D eigenvalue weighted by Crippen LogP contribution is -2.16. The lowest BCUT2D eigenvalue weighted by Gasteiger charge is -2.09. The van der Waals surface area contributed by atoms with Gasteiger partial charge in [-0.3, -0.25) is 0 Å². The van der Waals surface area contributed by atoms with Crippen LogP contribution in [0.4, 0.5) is 0 Å². The Morgan fingerprint density at radius 2 is 0.450 bits per heavy atom. The SMILES string of the molecule is Cc1cn(CCOCCOCCOCCOCCOCCOCCOCCOCCOCCOCCOCCOCCOCCOCCOCCOCCOCCOCCOCCOCCOCCOCCOCCN=[N+]=[N-])nn1. The highest BCUT2D eigenvalue weighted by Crippen LogP contribution is 1.93.